The van der Waals surface area contributed by atoms with Gasteiger partial charge in [-0.25, -0.2) is 8.78 Å². The van der Waals surface area contributed by atoms with Crippen LogP contribution in [0.5, 0.6) is 0 Å². The number of hydrogen-bond acceptors (Lipinski definition) is 0. The van der Waals surface area contributed by atoms with Gasteiger partial charge in [-0.2, -0.15) is 0 Å². The van der Waals surface area contributed by atoms with E-state index in [1.807, 2.05) is 0 Å². The van der Waals surface area contributed by atoms with Gasteiger partial charge in [-0.15, -0.1) is 0 Å². The first-order chi connectivity index (χ1) is 6.86. The lowest BCUT2D eigenvalue weighted by Crippen LogP contribution is -1.96. The highest BCUT2D eigenvalue weighted by molar-refractivity contribution is 5.22. The van der Waals surface area contributed by atoms with Gasteiger partial charge in [0, 0.05) is 5.56 Å². The van der Waals surface area contributed by atoms with Crippen molar-refractivity contribution in [3.05, 3.63) is 35.4 Å². The van der Waals surface area contributed by atoms with Crippen molar-refractivity contribution in [2.45, 2.75) is 40.5 Å². The summed E-state index contributed by atoms with van der Waals surface area (Å²) < 4.78 is 25.7. The quantitative estimate of drug-likeness (QED) is 0.632. The fraction of sp³-hybridized carbons (Fsp3) is 0.538. The van der Waals surface area contributed by atoms with Crippen molar-refractivity contribution >= 4 is 0 Å². The SMILES string of the molecule is CC(C)C.CC(C)c1c(F)cccc1F. The topological polar surface area (TPSA) is 0 Å². The van der Waals surface area contributed by atoms with Gasteiger partial charge in [0.2, 0.25) is 0 Å². The molecule has 0 nitrogen and oxygen atoms in total. The lowest BCUT2D eigenvalue weighted by molar-refractivity contribution is 0.542. The molecule has 0 atom stereocenters. The highest BCUT2D eigenvalue weighted by Crippen LogP contribution is 2.20. The average molecular weight is 214 g/mol. The summed E-state index contributed by atoms with van der Waals surface area (Å²) in [5.74, 6) is -0.184. The Morgan fingerprint density at radius 1 is 0.867 bits per heavy atom. The Labute approximate surface area is 91.3 Å². The van der Waals surface area contributed by atoms with Gasteiger partial charge in [0.05, 0.1) is 0 Å². The van der Waals surface area contributed by atoms with Gasteiger partial charge in [-0.1, -0.05) is 40.7 Å². The molecule has 15 heavy (non-hydrogen) atoms. The van der Waals surface area contributed by atoms with Crippen LogP contribution in [0.3, 0.4) is 0 Å². The molecule has 0 unspecified atom stereocenters. The number of hydrogen-bond donors (Lipinski definition) is 0. The second kappa shape index (κ2) is 6.54. The van der Waals surface area contributed by atoms with E-state index in [1.165, 1.54) is 18.2 Å². The van der Waals surface area contributed by atoms with Crippen molar-refractivity contribution in [2.24, 2.45) is 5.92 Å². The third-order valence-corrected chi connectivity index (χ3v) is 1.58. The zero-order valence-electron chi connectivity index (χ0n) is 10.1. The molecule has 2 heteroatoms. The average Bonchev–Trinajstić information content (AvgIpc) is 2.01. The lowest BCUT2D eigenvalue weighted by atomic mass is 10.0. The van der Waals surface area contributed by atoms with Gasteiger partial charge in [0.1, 0.15) is 11.6 Å². The van der Waals surface area contributed by atoms with E-state index in [2.05, 4.69) is 20.8 Å². The molecule has 0 spiro atoms. The van der Waals surface area contributed by atoms with E-state index in [0.29, 0.717) is 0 Å². The third-order valence-electron chi connectivity index (χ3n) is 1.58. The van der Waals surface area contributed by atoms with Gasteiger partial charge < -0.3 is 0 Å². The Kier molecular flexibility index (Phi) is 6.14. The van der Waals surface area contributed by atoms with Crippen LogP contribution in [-0.2, 0) is 0 Å². The molecular weight excluding hydrogens is 194 g/mol. The normalized spacial score (nSPS) is 10.2. The first-order valence-corrected chi connectivity index (χ1v) is 5.30. The molecule has 0 N–H and O–H groups in total. The largest absolute Gasteiger partial charge is 0.207 e. The minimum absolute atomic E-state index is 0.101. The van der Waals surface area contributed by atoms with Crippen molar-refractivity contribution in [3.8, 4) is 0 Å². The van der Waals surface area contributed by atoms with Crippen LogP contribution in [0, 0.1) is 17.6 Å². The molecule has 0 saturated carbocycles. The number of benzene rings is 1. The van der Waals surface area contributed by atoms with E-state index in [4.69, 9.17) is 0 Å². The van der Waals surface area contributed by atoms with Gasteiger partial charge in [-0.3, -0.25) is 0 Å². The highest BCUT2D eigenvalue weighted by atomic mass is 19.1. The van der Waals surface area contributed by atoms with Gasteiger partial charge >= 0.3 is 0 Å². The summed E-state index contributed by atoms with van der Waals surface area (Å²) in [5.41, 5.74) is 0.174. The summed E-state index contributed by atoms with van der Waals surface area (Å²) >= 11 is 0. The van der Waals surface area contributed by atoms with E-state index < -0.39 is 11.6 Å². The van der Waals surface area contributed by atoms with Crippen LogP contribution in [0.2, 0.25) is 0 Å². The fourth-order valence-corrected chi connectivity index (χ4v) is 1.06. The first kappa shape index (κ1) is 14.1. The third kappa shape index (κ3) is 5.50. The molecule has 0 heterocycles. The highest BCUT2D eigenvalue weighted by Gasteiger charge is 2.10. The molecule has 0 saturated heterocycles. The molecule has 0 aromatic heterocycles. The second-order valence-electron chi connectivity index (χ2n) is 4.52. The summed E-state index contributed by atoms with van der Waals surface area (Å²) in [6, 6.07) is 3.92. The smallest absolute Gasteiger partial charge is 0.129 e. The monoisotopic (exact) mass is 214 g/mol. The second-order valence-corrected chi connectivity index (χ2v) is 4.52. The van der Waals surface area contributed by atoms with Gasteiger partial charge in [0.25, 0.3) is 0 Å². The minimum atomic E-state index is -0.458. The summed E-state index contributed by atoms with van der Waals surface area (Å²) in [6.07, 6.45) is 0. The van der Waals surface area contributed by atoms with Crippen molar-refractivity contribution in [1.29, 1.82) is 0 Å². The lowest BCUT2D eigenvalue weighted by Gasteiger charge is -2.06. The Morgan fingerprint density at radius 2 is 1.20 bits per heavy atom. The zero-order valence-corrected chi connectivity index (χ0v) is 10.1. The summed E-state index contributed by atoms with van der Waals surface area (Å²) in [4.78, 5) is 0. The molecular formula is C13H20F2. The van der Waals surface area contributed by atoms with Crippen LogP contribution in [0.15, 0.2) is 18.2 Å². The first-order valence-electron chi connectivity index (χ1n) is 5.30. The maximum atomic E-state index is 12.9. The summed E-state index contributed by atoms with van der Waals surface area (Å²) in [7, 11) is 0. The van der Waals surface area contributed by atoms with Crippen molar-refractivity contribution in [1.82, 2.24) is 0 Å². The molecule has 0 amide bonds. The van der Waals surface area contributed by atoms with E-state index in [1.54, 1.807) is 13.8 Å². The van der Waals surface area contributed by atoms with E-state index in [9.17, 15) is 8.78 Å². The summed E-state index contributed by atoms with van der Waals surface area (Å²) in [5, 5.41) is 0. The molecule has 0 bridgehead atoms. The fourth-order valence-electron chi connectivity index (χ4n) is 1.06. The van der Waals surface area contributed by atoms with Crippen LogP contribution in [-0.4, -0.2) is 0 Å². The number of halogens is 2. The van der Waals surface area contributed by atoms with Gasteiger partial charge in [0.15, 0.2) is 0 Å². The Balaban J connectivity index is 0.000000423. The summed E-state index contributed by atoms with van der Waals surface area (Å²) in [6.45, 7) is 10.0. The van der Waals surface area contributed by atoms with Gasteiger partial charge in [-0.05, 0) is 24.0 Å². The zero-order chi connectivity index (χ0) is 12.0. The molecule has 86 valence electrons. The van der Waals surface area contributed by atoms with Crippen molar-refractivity contribution < 1.29 is 8.78 Å². The maximum absolute atomic E-state index is 12.9. The molecule has 1 rings (SSSR count). The van der Waals surface area contributed by atoms with Crippen molar-refractivity contribution in [2.75, 3.05) is 0 Å². The molecule has 0 fully saturated rings. The molecule has 0 aliphatic carbocycles. The molecule has 1 aromatic carbocycles. The van der Waals surface area contributed by atoms with Crippen molar-refractivity contribution in [3.63, 3.8) is 0 Å². The Bertz CT molecular complexity index is 268. The maximum Gasteiger partial charge on any atom is 0.129 e. The predicted octanol–water partition coefficient (Wildman–Crippen LogP) is 4.75. The van der Waals surface area contributed by atoms with Crippen LogP contribution >= 0.6 is 0 Å². The standard InChI is InChI=1S/C9H10F2.C4H10/c1-6(2)9-7(10)4-3-5-8(9)11;1-4(2)3/h3-6H,1-2H3;4H,1-3H3. The van der Waals surface area contributed by atoms with Crippen LogP contribution in [0.25, 0.3) is 0 Å². The molecule has 0 radical (unpaired) electrons. The van der Waals surface area contributed by atoms with Crippen LogP contribution in [0.4, 0.5) is 8.78 Å². The number of rotatable bonds is 1. The van der Waals surface area contributed by atoms with E-state index >= 15 is 0 Å². The molecule has 0 aliphatic heterocycles. The van der Waals surface area contributed by atoms with E-state index in [0.717, 1.165) is 5.92 Å². The molecule has 1 aromatic rings. The van der Waals surface area contributed by atoms with Crippen LogP contribution < -0.4 is 0 Å². The Hall–Kier alpha value is -0.920. The predicted molar refractivity (Wildman–Crippen MR) is 61.0 cm³/mol. The molecule has 0 aliphatic rings. The van der Waals surface area contributed by atoms with E-state index in [-0.39, 0.29) is 11.5 Å². The minimum Gasteiger partial charge on any atom is -0.207 e. The van der Waals surface area contributed by atoms with Crippen LogP contribution in [0.1, 0.15) is 46.1 Å². The Morgan fingerprint density at radius 3 is 1.40 bits per heavy atom.